The molecule has 4 heteroatoms. The standard InChI is InChI=1S/C10H8BrNO2/c1-6(13)12-10-5-7-4-8(11)2-3-9(7)14-10/h2-5H,1H3,(H,12,13). The summed E-state index contributed by atoms with van der Waals surface area (Å²) in [7, 11) is 0. The van der Waals surface area contributed by atoms with E-state index < -0.39 is 0 Å². The Morgan fingerprint density at radius 1 is 1.43 bits per heavy atom. The third-order valence-electron chi connectivity index (χ3n) is 1.78. The van der Waals surface area contributed by atoms with E-state index in [0.29, 0.717) is 5.88 Å². The first-order valence-electron chi connectivity index (χ1n) is 4.12. The fourth-order valence-electron chi connectivity index (χ4n) is 1.25. The first-order valence-corrected chi connectivity index (χ1v) is 4.91. The first kappa shape index (κ1) is 9.27. The van der Waals surface area contributed by atoms with Crippen LogP contribution in [-0.4, -0.2) is 5.91 Å². The summed E-state index contributed by atoms with van der Waals surface area (Å²) in [5.41, 5.74) is 0.761. The van der Waals surface area contributed by atoms with Crippen LogP contribution in [0.15, 0.2) is 33.2 Å². The summed E-state index contributed by atoms with van der Waals surface area (Å²) in [5.74, 6) is 0.341. The molecule has 1 aromatic heterocycles. The molecule has 1 heterocycles. The van der Waals surface area contributed by atoms with E-state index in [0.717, 1.165) is 15.4 Å². The van der Waals surface area contributed by atoms with Gasteiger partial charge in [0.05, 0.1) is 0 Å². The molecule has 2 aromatic rings. The van der Waals surface area contributed by atoms with Gasteiger partial charge in [-0.05, 0) is 18.2 Å². The minimum Gasteiger partial charge on any atom is -0.440 e. The Labute approximate surface area is 89.2 Å². The number of furan rings is 1. The molecule has 0 radical (unpaired) electrons. The average molecular weight is 254 g/mol. The highest BCUT2D eigenvalue weighted by atomic mass is 79.9. The van der Waals surface area contributed by atoms with Crippen LogP contribution in [0.2, 0.25) is 0 Å². The molecule has 0 atom stereocenters. The molecule has 14 heavy (non-hydrogen) atoms. The van der Waals surface area contributed by atoms with Crippen molar-refractivity contribution < 1.29 is 9.21 Å². The second-order valence-electron chi connectivity index (χ2n) is 2.97. The Morgan fingerprint density at radius 2 is 2.21 bits per heavy atom. The van der Waals surface area contributed by atoms with Crippen LogP contribution >= 0.6 is 15.9 Å². The summed E-state index contributed by atoms with van der Waals surface area (Å²) in [6, 6.07) is 7.47. The van der Waals surface area contributed by atoms with E-state index in [-0.39, 0.29) is 5.91 Å². The number of rotatable bonds is 1. The highest BCUT2D eigenvalue weighted by molar-refractivity contribution is 9.10. The number of carbonyl (C=O) groups excluding carboxylic acids is 1. The zero-order valence-corrected chi connectivity index (χ0v) is 9.09. The maximum absolute atomic E-state index is 10.8. The van der Waals surface area contributed by atoms with Gasteiger partial charge in [0, 0.05) is 22.8 Å². The Morgan fingerprint density at radius 3 is 2.93 bits per heavy atom. The van der Waals surface area contributed by atoms with E-state index in [1.54, 1.807) is 6.07 Å². The molecule has 1 aromatic carbocycles. The topological polar surface area (TPSA) is 42.2 Å². The monoisotopic (exact) mass is 253 g/mol. The van der Waals surface area contributed by atoms with Crippen molar-refractivity contribution >= 4 is 38.7 Å². The third-order valence-corrected chi connectivity index (χ3v) is 2.27. The van der Waals surface area contributed by atoms with E-state index in [1.807, 2.05) is 18.2 Å². The van der Waals surface area contributed by atoms with Crippen LogP contribution in [-0.2, 0) is 4.79 Å². The van der Waals surface area contributed by atoms with Crippen molar-refractivity contribution in [2.24, 2.45) is 0 Å². The molecule has 0 aliphatic rings. The number of carbonyl (C=O) groups is 1. The molecule has 0 aliphatic heterocycles. The Balaban J connectivity index is 2.46. The number of nitrogens with one attached hydrogen (secondary N) is 1. The summed E-state index contributed by atoms with van der Waals surface area (Å²) in [5, 5.41) is 3.55. The fourth-order valence-corrected chi connectivity index (χ4v) is 1.63. The van der Waals surface area contributed by atoms with Gasteiger partial charge in [-0.2, -0.15) is 0 Å². The van der Waals surface area contributed by atoms with Crippen molar-refractivity contribution in [2.75, 3.05) is 5.32 Å². The minimum absolute atomic E-state index is 0.136. The van der Waals surface area contributed by atoms with Gasteiger partial charge in [0.15, 0.2) is 0 Å². The molecule has 0 spiro atoms. The first-order chi connectivity index (χ1) is 6.65. The van der Waals surface area contributed by atoms with Gasteiger partial charge in [0.25, 0.3) is 0 Å². The molecule has 1 amide bonds. The van der Waals surface area contributed by atoms with E-state index in [2.05, 4.69) is 21.2 Å². The molecular formula is C10H8BrNO2. The molecule has 3 nitrogen and oxygen atoms in total. The SMILES string of the molecule is CC(=O)Nc1cc2cc(Br)ccc2o1. The quantitative estimate of drug-likeness (QED) is 0.849. The van der Waals surface area contributed by atoms with Crippen LogP contribution in [0.1, 0.15) is 6.92 Å². The van der Waals surface area contributed by atoms with Gasteiger partial charge in [-0.25, -0.2) is 0 Å². The third kappa shape index (κ3) is 1.80. The lowest BCUT2D eigenvalue weighted by Crippen LogP contribution is -2.04. The van der Waals surface area contributed by atoms with Crippen molar-refractivity contribution in [2.45, 2.75) is 6.92 Å². The van der Waals surface area contributed by atoms with E-state index in [9.17, 15) is 4.79 Å². The highest BCUT2D eigenvalue weighted by Crippen LogP contribution is 2.25. The number of amides is 1. The van der Waals surface area contributed by atoms with Gasteiger partial charge in [-0.3, -0.25) is 10.1 Å². The zero-order chi connectivity index (χ0) is 10.1. The van der Waals surface area contributed by atoms with Crippen LogP contribution in [0.5, 0.6) is 0 Å². The molecule has 2 rings (SSSR count). The van der Waals surface area contributed by atoms with Gasteiger partial charge in [0.1, 0.15) is 5.58 Å². The van der Waals surface area contributed by atoms with Crippen LogP contribution in [0.3, 0.4) is 0 Å². The van der Waals surface area contributed by atoms with Gasteiger partial charge < -0.3 is 4.42 Å². The Bertz CT molecular complexity index is 490. The van der Waals surface area contributed by atoms with Gasteiger partial charge in [0.2, 0.25) is 11.8 Å². The second kappa shape index (κ2) is 3.46. The minimum atomic E-state index is -0.136. The van der Waals surface area contributed by atoms with Crippen LogP contribution in [0, 0.1) is 0 Å². The lowest BCUT2D eigenvalue weighted by molar-refractivity contribution is -0.114. The summed E-state index contributed by atoms with van der Waals surface area (Å²) in [4.78, 5) is 10.8. The van der Waals surface area contributed by atoms with Gasteiger partial charge in [-0.1, -0.05) is 15.9 Å². The Kier molecular flexibility index (Phi) is 2.29. The zero-order valence-electron chi connectivity index (χ0n) is 7.50. The predicted molar refractivity (Wildman–Crippen MR) is 58.2 cm³/mol. The summed E-state index contributed by atoms with van der Waals surface area (Å²) >= 11 is 3.36. The molecule has 72 valence electrons. The van der Waals surface area contributed by atoms with Crippen molar-refractivity contribution in [1.82, 2.24) is 0 Å². The normalized spacial score (nSPS) is 10.4. The van der Waals surface area contributed by atoms with Crippen LogP contribution < -0.4 is 5.32 Å². The van der Waals surface area contributed by atoms with Crippen molar-refractivity contribution in [1.29, 1.82) is 0 Å². The number of benzene rings is 1. The maximum atomic E-state index is 10.8. The molecule has 0 bridgehead atoms. The summed E-state index contributed by atoms with van der Waals surface area (Å²) in [6.07, 6.45) is 0. The predicted octanol–water partition coefficient (Wildman–Crippen LogP) is 3.15. The number of hydrogen-bond acceptors (Lipinski definition) is 2. The smallest absolute Gasteiger partial charge is 0.223 e. The summed E-state index contributed by atoms with van der Waals surface area (Å²) < 4.78 is 6.37. The van der Waals surface area contributed by atoms with Crippen molar-refractivity contribution in [3.8, 4) is 0 Å². The van der Waals surface area contributed by atoms with Crippen molar-refractivity contribution in [3.05, 3.63) is 28.7 Å². The highest BCUT2D eigenvalue weighted by Gasteiger charge is 2.04. The number of fused-ring (bicyclic) bond motifs is 1. The van der Waals surface area contributed by atoms with Crippen LogP contribution in [0.25, 0.3) is 11.0 Å². The average Bonchev–Trinajstić information content (AvgIpc) is 2.44. The van der Waals surface area contributed by atoms with Gasteiger partial charge >= 0.3 is 0 Å². The molecule has 1 N–H and O–H groups in total. The number of halogens is 1. The van der Waals surface area contributed by atoms with E-state index in [1.165, 1.54) is 6.92 Å². The Hall–Kier alpha value is -1.29. The largest absolute Gasteiger partial charge is 0.440 e. The fraction of sp³-hybridized carbons (Fsp3) is 0.100. The van der Waals surface area contributed by atoms with E-state index in [4.69, 9.17) is 4.42 Å². The van der Waals surface area contributed by atoms with Crippen LogP contribution in [0.4, 0.5) is 5.88 Å². The summed E-state index contributed by atoms with van der Waals surface area (Å²) in [6.45, 7) is 1.45. The van der Waals surface area contributed by atoms with E-state index >= 15 is 0 Å². The van der Waals surface area contributed by atoms with Gasteiger partial charge in [-0.15, -0.1) is 0 Å². The second-order valence-corrected chi connectivity index (χ2v) is 3.89. The molecule has 0 unspecified atom stereocenters. The molecular weight excluding hydrogens is 246 g/mol. The lowest BCUT2D eigenvalue weighted by atomic mass is 10.3. The molecule has 0 saturated heterocycles. The lowest BCUT2D eigenvalue weighted by Gasteiger charge is -1.92. The van der Waals surface area contributed by atoms with Crippen molar-refractivity contribution in [3.63, 3.8) is 0 Å². The molecule has 0 fully saturated rings. The number of hydrogen-bond donors (Lipinski definition) is 1. The molecule has 0 aliphatic carbocycles. The maximum Gasteiger partial charge on any atom is 0.223 e. The number of anilines is 1. The molecule has 0 saturated carbocycles.